The summed E-state index contributed by atoms with van der Waals surface area (Å²) < 4.78 is 4.69. The molecule has 4 heteroatoms. The second-order valence-corrected chi connectivity index (χ2v) is 5.54. The van der Waals surface area contributed by atoms with Crippen molar-refractivity contribution in [2.75, 3.05) is 19.9 Å². The van der Waals surface area contributed by atoms with Gasteiger partial charge in [-0.05, 0) is 19.9 Å². The van der Waals surface area contributed by atoms with Crippen LogP contribution in [0.4, 0.5) is 0 Å². The van der Waals surface area contributed by atoms with E-state index in [2.05, 4.69) is 10.1 Å². The van der Waals surface area contributed by atoms with Gasteiger partial charge >= 0.3 is 5.97 Å². The summed E-state index contributed by atoms with van der Waals surface area (Å²) in [5.74, 6) is 0.376. The van der Waals surface area contributed by atoms with Crippen LogP contribution in [0.1, 0.15) is 38.5 Å². The van der Waals surface area contributed by atoms with Gasteiger partial charge in [0.15, 0.2) is 0 Å². The Morgan fingerprint density at radius 1 is 1.31 bits per heavy atom. The molecule has 0 radical (unpaired) electrons. The summed E-state index contributed by atoms with van der Waals surface area (Å²) in [4.78, 5) is 11.1. The van der Waals surface area contributed by atoms with Gasteiger partial charge in [-0.2, -0.15) is 0 Å². The first-order valence-corrected chi connectivity index (χ1v) is 7.18. The van der Waals surface area contributed by atoms with E-state index in [0.717, 1.165) is 0 Å². The van der Waals surface area contributed by atoms with E-state index in [1.807, 2.05) is 7.05 Å². The average Bonchev–Trinajstić information content (AvgIpc) is 2.27. The van der Waals surface area contributed by atoms with Gasteiger partial charge in [0.05, 0.1) is 12.9 Å². The topological polar surface area (TPSA) is 38.3 Å². The smallest absolute Gasteiger partial charge is 0.315 e. The Kier molecular flexibility index (Phi) is 6.88. The highest BCUT2D eigenvalue weighted by molar-refractivity contribution is 8.00. The van der Waals surface area contributed by atoms with Gasteiger partial charge in [-0.15, -0.1) is 11.8 Å². The molecule has 16 heavy (non-hydrogen) atoms. The number of ether oxygens (including phenoxy) is 1. The maximum absolute atomic E-state index is 11.1. The Bertz CT molecular complexity index is 211. The molecule has 1 rings (SSSR count). The largest absolute Gasteiger partial charge is 0.468 e. The van der Waals surface area contributed by atoms with E-state index in [1.165, 1.54) is 45.6 Å². The van der Waals surface area contributed by atoms with E-state index >= 15 is 0 Å². The van der Waals surface area contributed by atoms with Crippen LogP contribution in [0.15, 0.2) is 0 Å². The van der Waals surface area contributed by atoms with Gasteiger partial charge in [-0.3, -0.25) is 4.79 Å². The molecule has 2 unspecified atom stereocenters. The minimum Gasteiger partial charge on any atom is -0.468 e. The van der Waals surface area contributed by atoms with Crippen molar-refractivity contribution in [1.29, 1.82) is 0 Å². The summed E-state index contributed by atoms with van der Waals surface area (Å²) in [6.07, 6.45) is 7.73. The maximum Gasteiger partial charge on any atom is 0.315 e. The first-order chi connectivity index (χ1) is 7.77. The SMILES string of the molecule is CNC1CCCCCCC1SCC(=O)OC. The summed E-state index contributed by atoms with van der Waals surface area (Å²) in [5.41, 5.74) is 0. The number of hydrogen-bond donors (Lipinski definition) is 1. The van der Waals surface area contributed by atoms with Crippen LogP contribution < -0.4 is 5.32 Å². The van der Waals surface area contributed by atoms with Crippen LogP contribution in [0, 0.1) is 0 Å². The highest BCUT2D eigenvalue weighted by Gasteiger charge is 2.22. The summed E-state index contributed by atoms with van der Waals surface area (Å²) in [6.45, 7) is 0. The van der Waals surface area contributed by atoms with Gasteiger partial charge in [-0.1, -0.05) is 25.7 Å². The van der Waals surface area contributed by atoms with Gasteiger partial charge in [0.25, 0.3) is 0 Å². The number of rotatable bonds is 4. The standard InChI is InChI=1S/C12H23NO2S/c1-13-10-7-5-3-4-6-8-11(10)16-9-12(14)15-2/h10-11,13H,3-9H2,1-2H3. The fraction of sp³-hybridized carbons (Fsp3) is 0.917. The molecule has 3 nitrogen and oxygen atoms in total. The lowest BCUT2D eigenvalue weighted by atomic mass is 9.96. The molecule has 0 bridgehead atoms. The van der Waals surface area contributed by atoms with Crippen LogP contribution in [0.5, 0.6) is 0 Å². The Morgan fingerprint density at radius 3 is 2.62 bits per heavy atom. The van der Waals surface area contributed by atoms with Crippen LogP contribution in [0.3, 0.4) is 0 Å². The zero-order valence-electron chi connectivity index (χ0n) is 10.3. The molecule has 1 aliphatic rings. The molecular formula is C12H23NO2S. The van der Waals surface area contributed by atoms with E-state index in [9.17, 15) is 4.79 Å². The molecule has 0 spiro atoms. The fourth-order valence-corrected chi connectivity index (χ4v) is 3.52. The highest BCUT2D eigenvalue weighted by Crippen LogP contribution is 2.27. The van der Waals surface area contributed by atoms with E-state index in [0.29, 0.717) is 17.0 Å². The molecule has 1 aliphatic carbocycles. The predicted octanol–water partition coefficient (Wildman–Crippen LogP) is 2.20. The van der Waals surface area contributed by atoms with Crippen LogP contribution in [-0.4, -0.2) is 37.2 Å². The average molecular weight is 245 g/mol. The third-order valence-electron chi connectivity index (χ3n) is 3.22. The van der Waals surface area contributed by atoms with Gasteiger partial charge < -0.3 is 10.1 Å². The summed E-state index contributed by atoms with van der Waals surface area (Å²) in [6, 6.07) is 0.551. The van der Waals surface area contributed by atoms with Crippen LogP contribution in [0.2, 0.25) is 0 Å². The Balaban J connectivity index is 2.40. The van der Waals surface area contributed by atoms with Gasteiger partial charge in [0.2, 0.25) is 0 Å². The number of hydrogen-bond acceptors (Lipinski definition) is 4. The molecule has 0 aromatic heterocycles. The van der Waals surface area contributed by atoms with Gasteiger partial charge in [0.1, 0.15) is 0 Å². The first-order valence-electron chi connectivity index (χ1n) is 6.13. The van der Waals surface area contributed by atoms with Crippen molar-refractivity contribution in [2.45, 2.75) is 49.8 Å². The number of carbonyl (C=O) groups excluding carboxylic acids is 1. The molecule has 0 aromatic carbocycles. The van der Waals surface area contributed by atoms with E-state index < -0.39 is 0 Å². The van der Waals surface area contributed by atoms with Crippen LogP contribution in [0.25, 0.3) is 0 Å². The maximum atomic E-state index is 11.1. The van der Waals surface area contributed by atoms with Crippen molar-refractivity contribution in [3.8, 4) is 0 Å². The normalized spacial score (nSPS) is 26.9. The third-order valence-corrected chi connectivity index (χ3v) is 4.61. The summed E-state index contributed by atoms with van der Waals surface area (Å²) in [5, 5.41) is 3.95. The van der Waals surface area contributed by atoms with Crippen LogP contribution in [-0.2, 0) is 9.53 Å². The van der Waals surface area contributed by atoms with Crippen molar-refractivity contribution in [1.82, 2.24) is 5.32 Å². The number of carbonyl (C=O) groups is 1. The minimum atomic E-state index is -0.109. The summed E-state index contributed by atoms with van der Waals surface area (Å²) >= 11 is 1.75. The molecule has 0 saturated heterocycles. The minimum absolute atomic E-state index is 0.109. The lowest BCUT2D eigenvalue weighted by molar-refractivity contribution is -0.137. The molecule has 2 atom stereocenters. The zero-order valence-corrected chi connectivity index (χ0v) is 11.1. The molecule has 0 aliphatic heterocycles. The number of methoxy groups -OCH3 is 1. The molecule has 1 saturated carbocycles. The Morgan fingerprint density at radius 2 is 2.00 bits per heavy atom. The van der Waals surface area contributed by atoms with Crippen molar-refractivity contribution >= 4 is 17.7 Å². The quantitative estimate of drug-likeness (QED) is 0.771. The van der Waals surface area contributed by atoms with Gasteiger partial charge in [0, 0.05) is 11.3 Å². The summed E-state index contributed by atoms with van der Waals surface area (Å²) in [7, 11) is 3.48. The third kappa shape index (κ3) is 4.74. The van der Waals surface area contributed by atoms with Crippen molar-refractivity contribution in [3.05, 3.63) is 0 Å². The zero-order chi connectivity index (χ0) is 11.8. The lowest BCUT2D eigenvalue weighted by Gasteiger charge is -2.28. The molecule has 0 aromatic rings. The number of esters is 1. The highest BCUT2D eigenvalue weighted by atomic mass is 32.2. The Labute approximate surface area is 103 Å². The first kappa shape index (κ1) is 13.8. The van der Waals surface area contributed by atoms with Crippen molar-refractivity contribution in [2.24, 2.45) is 0 Å². The predicted molar refractivity (Wildman–Crippen MR) is 68.8 cm³/mol. The second-order valence-electron chi connectivity index (χ2n) is 4.31. The molecule has 1 N–H and O–H groups in total. The molecule has 94 valence electrons. The van der Waals surface area contributed by atoms with Crippen molar-refractivity contribution in [3.63, 3.8) is 0 Å². The fourth-order valence-electron chi connectivity index (χ4n) is 2.21. The van der Waals surface area contributed by atoms with E-state index in [1.54, 1.807) is 11.8 Å². The monoisotopic (exact) mass is 245 g/mol. The molecule has 1 fully saturated rings. The second kappa shape index (κ2) is 7.96. The van der Waals surface area contributed by atoms with Crippen LogP contribution >= 0.6 is 11.8 Å². The van der Waals surface area contributed by atoms with Crippen molar-refractivity contribution < 1.29 is 9.53 Å². The Hall–Kier alpha value is -0.220. The lowest BCUT2D eigenvalue weighted by Crippen LogP contribution is -2.37. The molecular weight excluding hydrogens is 222 g/mol. The van der Waals surface area contributed by atoms with Gasteiger partial charge in [-0.25, -0.2) is 0 Å². The molecule has 0 heterocycles. The van der Waals surface area contributed by atoms with E-state index in [-0.39, 0.29) is 5.97 Å². The number of nitrogens with one attached hydrogen (secondary N) is 1. The molecule has 0 amide bonds. The van der Waals surface area contributed by atoms with E-state index in [4.69, 9.17) is 0 Å². The number of thioether (sulfide) groups is 1.